The van der Waals surface area contributed by atoms with Gasteiger partial charge in [0.25, 0.3) is 0 Å². The van der Waals surface area contributed by atoms with Gasteiger partial charge in [-0.2, -0.15) is 0 Å². The molecule has 104 valence electrons. The third kappa shape index (κ3) is 4.46. The standard InChI is InChI=1S/C17H24FN/c1-2-19-13-16(15-8-4-3-5-9-15)11-14-7-6-10-17(18)12-14/h6-7,10-12,15,19H,2-5,8-9,13H2,1H3. The zero-order valence-electron chi connectivity index (χ0n) is 11.8. The van der Waals surface area contributed by atoms with E-state index >= 15 is 0 Å². The average molecular weight is 261 g/mol. The molecule has 0 atom stereocenters. The summed E-state index contributed by atoms with van der Waals surface area (Å²) in [6.07, 6.45) is 8.78. The first kappa shape index (κ1) is 14.3. The summed E-state index contributed by atoms with van der Waals surface area (Å²) in [5, 5.41) is 3.42. The van der Waals surface area contributed by atoms with Crippen LogP contribution < -0.4 is 5.32 Å². The Labute approximate surface area is 115 Å². The van der Waals surface area contributed by atoms with Crippen molar-refractivity contribution in [1.29, 1.82) is 0 Å². The molecule has 0 aromatic heterocycles. The van der Waals surface area contributed by atoms with E-state index in [1.807, 2.05) is 6.07 Å². The van der Waals surface area contributed by atoms with Crippen molar-refractivity contribution in [2.24, 2.45) is 5.92 Å². The van der Waals surface area contributed by atoms with E-state index in [4.69, 9.17) is 0 Å². The molecule has 0 saturated heterocycles. The van der Waals surface area contributed by atoms with Gasteiger partial charge in [0.2, 0.25) is 0 Å². The van der Waals surface area contributed by atoms with Crippen LogP contribution in [-0.4, -0.2) is 13.1 Å². The third-order valence-electron chi connectivity index (χ3n) is 3.91. The van der Waals surface area contributed by atoms with Gasteiger partial charge in [0, 0.05) is 6.54 Å². The van der Waals surface area contributed by atoms with E-state index in [9.17, 15) is 4.39 Å². The van der Waals surface area contributed by atoms with Crippen molar-refractivity contribution < 1.29 is 4.39 Å². The largest absolute Gasteiger partial charge is 0.313 e. The van der Waals surface area contributed by atoms with Crippen molar-refractivity contribution >= 4 is 6.08 Å². The van der Waals surface area contributed by atoms with Crippen molar-refractivity contribution in [3.8, 4) is 0 Å². The van der Waals surface area contributed by atoms with E-state index in [-0.39, 0.29) is 5.82 Å². The molecule has 0 radical (unpaired) electrons. The van der Waals surface area contributed by atoms with Crippen molar-refractivity contribution in [3.05, 3.63) is 41.2 Å². The zero-order valence-corrected chi connectivity index (χ0v) is 11.8. The third-order valence-corrected chi connectivity index (χ3v) is 3.91. The molecule has 1 aliphatic carbocycles. The summed E-state index contributed by atoms with van der Waals surface area (Å²) in [6.45, 7) is 4.03. The maximum absolute atomic E-state index is 13.3. The van der Waals surface area contributed by atoms with Gasteiger partial charge in [0.05, 0.1) is 0 Å². The van der Waals surface area contributed by atoms with Gasteiger partial charge in [0.15, 0.2) is 0 Å². The number of benzene rings is 1. The molecule has 0 amide bonds. The van der Waals surface area contributed by atoms with Gasteiger partial charge < -0.3 is 5.32 Å². The topological polar surface area (TPSA) is 12.0 Å². The van der Waals surface area contributed by atoms with E-state index in [0.717, 1.165) is 18.7 Å². The fraction of sp³-hybridized carbons (Fsp3) is 0.529. The van der Waals surface area contributed by atoms with Crippen LogP contribution in [0.4, 0.5) is 4.39 Å². The first-order valence-corrected chi connectivity index (χ1v) is 7.46. The molecule has 2 heteroatoms. The van der Waals surface area contributed by atoms with Crippen LogP contribution in [0.3, 0.4) is 0 Å². The van der Waals surface area contributed by atoms with Gasteiger partial charge in [-0.05, 0) is 43.0 Å². The lowest BCUT2D eigenvalue weighted by Crippen LogP contribution is -2.22. The number of rotatable bonds is 5. The molecular formula is C17H24FN. The molecule has 1 nitrogen and oxygen atoms in total. The second kappa shape index (κ2) is 7.44. The predicted molar refractivity (Wildman–Crippen MR) is 79.5 cm³/mol. The summed E-state index contributed by atoms with van der Waals surface area (Å²) in [5.74, 6) is 0.524. The maximum atomic E-state index is 13.3. The Morgan fingerprint density at radius 1 is 1.32 bits per heavy atom. The minimum absolute atomic E-state index is 0.153. The van der Waals surface area contributed by atoms with E-state index in [2.05, 4.69) is 18.3 Å². The van der Waals surface area contributed by atoms with Gasteiger partial charge in [-0.3, -0.25) is 0 Å². The Morgan fingerprint density at radius 3 is 2.79 bits per heavy atom. The zero-order chi connectivity index (χ0) is 13.5. The first-order valence-electron chi connectivity index (χ1n) is 7.46. The monoisotopic (exact) mass is 261 g/mol. The molecule has 1 fully saturated rings. The number of likely N-dealkylation sites (N-methyl/N-ethyl adjacent to an activating group) is 1. The average Bonchev–Trinajstić information content (AvgIpc) is 2.44. The molecule has 1 aromatic rings. The lowest BCUT2D eigenvalue weighted by molar-refractivity contribution is 0.397. The molecule has 0 spiro atoms. The summed E-state index contributed by atoms with van der Waals surface area (Å²) in [6, 6.07) is 6.89. The second-order valence-corrected chi connectivity index (χ2v) is 5.39. The van der Waals surface area contributed by atoms with Crippen molar-refractivity contribution in [2.45, 2.75) is 39.0 Å². The number of hydrogen-bond acceptors (Lipinski definition) is 1. The molecule has 0 heterocycles. The van der Waals surface area contributed by atoms with Crippen LogP contribution in [0, 0.1) is 11.7 Å². The lowest BCUT2D eigenvalue weighted by atomic mass is 9.83. The molecule has 2 rings (SSSR count). The molecule has 1 saturated carbocycles. The Bertz CT molecular complexity index is 419. The highest BCUT2D eigenvalue weighted by Gasteiger charge is 2.17. The highest BCUT2D eigenvalue weighted by atomic mass is 19.1. The van der Waals surface area contributed by atoms with Gasteiger partial charge in [0.1, 0.15) is 5.82 Å². The fourth-order valence-corrected chi connectivity index (χ4v) is 2.87. The Balaban J connectivity index is 2.15. The molecule has 0 bridgehead atoms. The predicted octanol–water partition coefficient (Wildman–Crippen LogP) is 4.40. The van der Waals surface area contributed by atoms with Crippen LogP contribution in [0.15, 0.2) is 29.8 Å². The number of nitrogens with one attached hydrogen (secondary N) is 1. The number of hydrogen-bond donors (Lipinski definition) is 1. The molecule has 0 aliphatic heterocycles. The normalized spacial score (nSPS) is 17.7. The quantitative estimate of drug-likeness (QED) is 0.828. The van der Waals surface area contributed by atoms with Crippen LogP contribution in [0.25, 0.3) is 6.08 Å². The summed E-state index contributed by atoms with van der Waals surface area (Å²) >= 11 is 0. The minimum Gasteiger partial charge on any atom is -0.313 e. The smallest absolute Gasteiger partial charge is 0.123 e. The molecule has 0 unspecified atom stereocenters. The minimum atomic E-state index is -0.153. The molecule has 19 heavy (non-hydrogen) atoms. The Hall–Kier alpha value is -1.15. The van der Waals surface area contributed by atoms with E-state index in [1.165, 1.54) is 43.7 Å². The SMILES string of the molecule is CCNCC(=Cc1cccc(F)c1)C1CCCCC1. The van der Waals surface area contributed by atoms with Crippen LogP contribution in [0.1, 0.15) is 44.6 Å². The first-order chi connectivity index (χ1) is 9.29. The maximum Gasteiger partial charge on any atom is 0.123 e. The summed E-state index contributed by atoms with van der Waals surface area (Å²) in [7, 11) is 0. The van der Waals surface area contributed by atoms with Crippen molar-refractivity contribution in [1.82, 2.24) is 5.32 Å². The van der Waals surface area contributed by atoms with Crippen LogP contribution in [0.2, 0.25) is 0 Å². The summed E-state index contributed by atoms with van der Waals surface area (Å²) in [4.78, 5) is 0. The van der Waals surface area contributed by atoms with Gasteiger partial charge >= 0.3 is 0 Å². The lowest BCUT2D eigenvalue weighted by Gasteiger charge is -2.25. The second-order valence-electron chi connectivity index (χ2n) is 5.39. The van der Waals surface area contributed by atoms with Crippen molar-refractivity contribution in [3.63, 3.8) is 0 Å². The highest BCUT2D eigenvalue weighted by molar-refractivity contribution is 5.53. The highest BCUT2D eigenvalue weighted by Crippen LogP contribution is 2.30. The Kier molecular flexibility index (Phi) is 5.59. The number of halogens is 1. The van der Waals surface area contributed by atoms with Crippen LogP contribution in [-0.2, 0) is 0 Å². The van der Waals surface area contributed by atoms with Crippen LogP contribution >= 0.6 is 0 Å². The van der Waals surface area contributed by atoms with E-state index in [0.29, 0.717) is 5.92 Å². The van der Waals surface area contributed by atoms with Gasteiger partial charge in [-0.15, -0.1) is 0 Å². The van der Waals surface area contributed by atoms with Gasteiger partial charge in [-0.1, -0.05) is 50.0 Å². The molecule has 1 N–H and O–H groups in total. The molecule has 1 aliphatic rings. The van der Waals surface area contributed by atoms with Gasteiger partial charge in [-0.25, -0.2) is 4.39 Å². The molecule has 1 aromatic carbocycles. The summed E-state index contributed by atoms with van der Waals surface area (Å²) < 4.78 is 13.3. The van der Waals surface area contributed by atoms with E-state index in [1.54, 1.807) is 12.1 Å². The van der Waals surface area contributed by atoms with Crippen molar-refractivity contribution in [2.75, 3.05) is 13.1 Å². The summed E-state index contributed by atoms with van der Waals surface area (Å²) in [5.41, 5.74) is 2.42. The van der Waals surface area contributed by atoms with Crippen LogP contribution in [0.5, 0.6) is 0 Å². The fourth-order valence-electron chi connectivity index (χ4n) is 2.87. The van der Waals surface area contributed by atoms with E-state index < -0.39 is 0 Å². The Morgan fingerprint density at radius 2 is 2.11 bits per heavy atom. The molecular weight excluding hydrogens is 237 g/mol.